The number of amides is 2. The van der Waals surface area contributed by atoms with Crippen molar-refractivity contribution in [1.82, 2.24) is 5.43 Å². The van der Waals surface area contributed by atoms with E-state index in [0.29, 0.717) is 23.4 Å². The van der Waals surface area contributed by atoms with Gasteiger partial charge in [-0.15, -0.1) is 0 Å². The number of carbonyl (C=O) groups is 2. The van der Waals surface area contributed by atoms with Crippen LogP contribution in [0.5, 0.6) is 11.5 Å². The zero-order valence-corrected chi connectivity index (χ0v) is 17.1. The Kier molecular flexibility index (Phi) is 5.76. The van der Waals surface area contributed by atoms with E-state index in [2.05, 4.69) is 5.43 Å². The number of carbonyl (C=O) groups excluding carboxylic acids is 2. The normalized spacial score (nSPS) is 14.9. The van der Waals surface area contributed by atoms with Gasteiger partial charge >= 0.3 is 11.9 Å². The maximum atomic E-state index is 12.9. The van der Waals surface area contributed by atoms with Crippen LogP contribution in [0.15, 0.2) is 78.4 Å². The van der Waals surface area contributed by atoms with Crippen LogP contribution in [-0.4, -0.2) is 16.7 Å². The summed E-state index contributed by atoms with van der Waals surface area (Å²) in [5, 5.41) is 12.4. The van der Waals surface area contributed by atoms with Gasteiger partial charge in [-0.05, 0) is 48.0 Å². The molecule has 1 aliphatic heterocycles. The van der Waals surface area contributed by atoms with E-state index >= 15 is 0 Å². The molecule has 1 fully saturated rings. The van der Waals surface area contributed by atoms with Crippen molar-refractivity contribution in [3.05, 3.63) is 99.6 Å². The third kappa shape index (κ3) is 4.58. The Labute approximate surface area is 190 Å². The minimum atomic E-state index is -4.75. The van der Waals surface area contributed by atoms with E-state index in [9.17, 15) is 32.9 Å². The van der Waals surface area contributed by atoms with Crippen LogP contribution < -0.4 is 15.2 Å². The number of nitrogens with one attached hydrogen (secondary N) is 1. The summed E-state index contributed by atoms with van der Waals surface area (Å²) < 4.78 is 44.2. The molecule has 0 spiro atoms. The zero-order valence-electron chi connectivity index (χ0n) is 17.1. The molecule has 0 bridgehead atoms. The first-order valence-corrected chi connectivity index (χ1v) is 9.69. The van der Waals surface area contributed by atoms with Crippen molar-refractivity contribution in [2.75, 3.05) is 5.01 Å². The summed E-state index contributed by atoms with van der Waals surface area (Å²) in [6.07, 6.45) is -3.44. The Morgan fingerprint density at radius 1 is 0.971 bits per heavy atom. The quantitative estimate of drug-likeness (QED) is 0.249. The van der Waals surface area contributed by atoms with E-state index in [1.54, 1.807) is 36.4 Å². The molecule has 1 aliphatic rings. The highest BCUT2D eigenvalue weighted by Gasteiger charge is 2.35. The van der Waals surface area contributed by atoms with Crippen LogP contribution in [0.25, 0.3) is 6.08 Å². The number of anilines is 1. The first-order chi connectivity index (χ1) is 16.1. The molecule has 2 amide bonds. The molecule has 0 saturated carbocycles. The van der Waals surface area contributed by atoms with Crippen LogP contribution >= 0.6 is 0 Å². The average molecular weight is 469 g/mol. The fourth-order valence-corrected chi connectivity index (χ4v) is 3.20. The molecule has 8 nitrogen and oxygen atoms in total. The molecule has 11 heteroatoms. The Hall–Kier alpha value is -4.67. The predicted molar refractivity (Wildman–Crippen MR) is 115 cm³/mol. The number of nitrogens with zero attached hydrogens (tertiary/aromatic N) is 2. The van der Waals surface area contributed by atoms with E-state index in [-0.39, 0.29) is 11.3 Å². The Morgan fingerprint density at radius 3 is 2.38 bits per heavy atom. The number of para-hydroxylation sites is 1. The molecule has 0 aliphatic carbocycles. The molecule has 0 aromatic heterocycles. The van der Waals surface area contributed by atoms with Crippen molar-refractivity contribution in [3.8, 4) is 11.5 Å². The van der Waals surface area contributed by atoms with Crippen LogP contribution in [0, 0.1) is 10.1 Å². The van der Waals surface area contributed by atoms with Crippen molar-refractivity contribution in [2.24, 2.45) is 0 Å². The lowest BCUT2D eigenvalue weighted by Gasteiger charge is -2.13. The maximum Gasteiger partial charge on any atom is 0.416 e. The number of hydrogen-bond donors (Lipinski definition) is 1. The van der Waals surface area contributed by atoms with Crippen molar-refractivity contribution in [1.29, 1.82) is 0 Å². The summed E-state index contributed by atoms with van der Waals surface area (Å²) in [4.78, 5) is 35.3. The lowest BCUT2D eigenvalue weighted by molar-refractivity contribution is -0.385. The number of hydrogen-bond acceptors (Lipinski definition) is 5. The predicted octanol–water partition coefficient (Wildman–Crippen LogP) is 4.87. The summed E-state index contributed by atoms with van der Waals surface area (Å²) in [6.45, 7) is 0. The summed E-state index contributed by atoms with van der Waals surface area (Å²) >= 11 is 0. The second-order valence-electron chi connectivity index (χ2n) is 7.09. The smallest absolute Gasteiger partial charge is 0.416 e. The fraction of sp³-hybridized carbons (Fsp3) is 0.0435. The zero-order chi connectivity index (χ0) is 24.5. The van der Waals surface area contributed by atoms with Crippen LogP contribution in [0.3, 0.4) is 0 Å². The van der Waals surface area contributed by atoms with Gasteiger partial charge in [0.2, 0.25) is 5.75 Å². The third-order valence-corrected chi connectivity index (χ3v) is 4.79. The highest BCUT2D eigenvalue weighted by molar-refractivity contribution is 6.31. The Bertz CT molecular complexity index is 1320. The summed E-state index contributed by atoms with van der Waals surface area (Å²) in [7, 11) is 0. The molecule has 4 rings (SSSR count). The van der Waals surface area contributed by atoms with Gasteiger partial charge in [0.1, 0.15) is 11.3 Å². The Morgan fingerprint density at radius 2 is 1.71 bits per heavy atom. The highest BCUT2D eigenvalue weighted by atomic mass is 19.4. The summed E-state index contributed by atoms with van der Waals surface area (Å²) in [6, 6.07) is 16.3. The van der Waals surface area contributed by atoms with Crippen molar-refractivity contribution < 1.29 is 32.4 Å². The lowest BCUT2D eigenvalue weighted by Crippen LogP contribution is -2.35. The number of rotatable bonds is 5. The third-order valence-electron chi connectivity index (χ3n) is 4.79. The SMILES string of the molecule is O=C1NN(c2ccccc2)C(=O)C1=Cc1cccc(Oc2ccc(C(F)(F)F)cc2[N+](=O)[O-])c1. The Balaban J connectivity index is 1.61. The van der Waals surface area contributed by atoms with Crippen molar-refractivity contribution in [3.63, 3.8) is 0 Å². The molecular formula is C23H14F3N3O5. The summed E-state index contributed by atoms with van der Waals surface area (Å²) in [5.74, 6) is -1.55. The van der Waals surface area contributed by atoms with E-state index < -0.39 is 39.9 Å². The van der Waals surface area contributed by atoms with Crippen molar-refractivity contribution >= 4 is 29.3 Å². The molecule has 0 radical (unpaired) electrons. The molecule has 0 unspecified atom stereocenters. The molecule has 3 aromatic rings. The van der Waals surface area contributed by atoms with Gasteiger partial charge in [0.25, 0.3) is 11.8 Å². The molecule has 0 atom stereocenters. The number of halogens is 3. The standard InChI is InChI=1S/C23H14F3N3O5/c24-23(25,26)15-9-10-20(19(13-15)29(32)33)34-17-8-4-5-14(11-17)12-18-21(30)27-28(22(18)31)16-6-2-1-3-7-16/h1-13H,(H,27,30). The van der Waals surface area contributed by atoms with Crippen molar-refractivity contribution in [2.45, 2.75) is 6.18 Å². The number of benzene rings is 3. The van der Waals surface area contributed by atoms with E-state index in [4.69, 9.17) is 4.74 Å². The van der Waals surface area contributed by atoms with Gasteiger partial charge in [0.05, 0.1) is 16.2 Å². The van der Waals surface area contributed by atoms with Crippen LogP contribution in [-0.2, 0) is 15.8 Å². The minimum absolute atomic E-state index is 0.0583. The number of nitro benzene ring substituents is 1. The van der Waals surface area contributed by atoms with Crippen LogP contribution in [0.1, 0.15) is 11.1 Å². The molecule has 1 heterocycles. The number of ether oxygens (including phenoxy) is 1. The summed E-state index contributed by atoms with van der Waals surface area (Å²) in [5.41, 5.74) is 1.10. The van der Waals surface area contributed by atoms with Gasteiger partial charge < -0.3 is 4.74 Å². The van der Waals surface area contributed by atoms with E-state index in [1.807, 2.05) is 0 Å². The van der Waals surface area contributed by atoms with Gasteiger partial charge in [-0.2, -0.15) is 13.2 Å². The highest BCUT2D eigenvalue weighted by Crippen LogP contribution is 2.38. The number of hydrazine groups is 1. The van der Waals surface area contributed by atoms with Gasteiger partial charge in [-0.3, -0.25) is 25.1 Å². The van der Waals surface area contributed by atoms with Crippen LogP contribution in [0.4, 0.5) is 24.5 Å². The first-order valence-electron chi connectivity index (χ1n) is 9.69. The second kappa shape index (κ2) is 8.70. The molecule has 172 valence electrons. The maximum absolute atomic E-state index is 12.9. The lowest BCUT2D eigenvalue weighted by atomic mass is 10.1. The molecule has 34 heavy (non-hydrogen) atoms. The van der Waals surface area contributed by atoms with Gasteiger partial charge in [-0.25, -0.2) is 5.01 Å². The molecule has 1 saturated heterocycles. The van der Waals surface area contributed by atoms with E-state index in [1.165, 1.54) is 24.3 Å². The van der Waals surface area contributed by atoms with E-state index in [0.717, 1.165) is 11.1 Å². The van der Waals surface area contributed by atoms with Gasteiger partial charge in [0.15, 0.2) is 0 Å². The molecular weight excluding hydrogens is 455 g/mol. The van der Waals surface area contributed by atoms with Gasteiger partial charge in [-0.1, -0.05) is 30.3 Å². The number of alkyl halides is 3. The topological polar surface area (TPSA) is 102 Å². The largest absolute Gasteiger partial charge is 0.450 e. The number of nitro groups is 1. The molecule has 1 N–H and O–H groups in total. The van der Waals surface area contributed by atoms with Gasteiger partial charge in [0, 0.05) is 6.07 Å². The first kappa shape index (κ1) is 22.5. The average Bonchev–Trinajstić information content (AvgIpc) is 3.07. The van der Waals surface area contributed by atoms with Crippen LogP contribution in [0.2, 0.25) is 0 Å². The monoisotopic (exact) mass is 469 g/mol. The minimum Gasteiger partial charge on any atom is -0.450 e. The second-order valence-corrected chi connectivity index (χ2v) is 7.09. The molecule has 3 aromatic carbocycles. The fourth-order valence-electron chi connectivity index (χ4n) is 3.20.